The number of aromatic nitrogens is 1. The number of carbonyl (C=O) groups is 1. The lowest BCUT2D eigenvalue weighted by Gasteiger charge is -2.11. The summed E-state index contributed by atoms with van der Waals surface area (Å²) < 4.78 is 7.23. The van der Waals surface area contributed by atoms with Crippen molar-refractivity contribution >= 4 is 5.97 Å². The zero-order valence-corrected chi connectivity index (χ0v) is 9.32. The summed E-state index contributed by atoms with van der Waals surface area (Å²) >= 11 is 0. The molecule has 0 aliphatic carbocycles. The van der Waals surface area contributed by atoms with Crippen LogP contribution < -0.4 is 0 Å². The average molecular weight is 207 g/mol. The first-order valence-corrected chi connectivity index (χ1v) is 5.57. The quantitative estimate of drug-likeness (QED) is 0.711. The summed E-state index contributed by atoms with van der Waals surface area (Å²) in [7, 11) is 0. The lowest BCUT2D eigenvalue weighted by atomic mass is 10.2. The van der Waals surface area contributed by atoms with Crippen molar-refractivity contribution < 1.29 is 9.53 Å². The number of carbonyl (C=O) groups excluding carboxylic acids is 1. The van der Waals surface area contributed by atoms with Gasteiger partial charge in [0.25, 0.3) is 0 Å². The maximum atomic E-state index is 11.4. The first-order chi connectivity index (χ1) is 7.22. The summed E-state index contributed by atoms with van der Waals surface area (Å²) in [6, 6.07) is 4.69. The minimum Gasteiger partial charge on any atom is -0.466 e. The molecule has 1 aliphatic rings. The Morgan fingerprint density at radius 2 is 2.40 bits per heavy atom. The Morgan fingerprint density at radius 1 is 1.60 bits per heavy atom. The van der Waals surface area contributed by atoms with Gasteiger partial charge in [0, 0.05) is 17.4 Å². The summed E-state index contributed by atoms with van der Waals surface area (Å²) in [6.07, 6.45) is 2.72. The fraction of sp³-hybridized carbons (Fsp3) is 0.583. The van der Waals surface area contributed by atoms with Crippen molar-refractivity contribution in [1.82, 2.24) is 4.57 Å². The molecule has 15 heavy (non-hydrogen) atoms. The van der Waals surface area contributed by atoms with Gasteiger partial charge in [0.15, 0.2) is 0 Å². The largest absolute Gasteiger partial charge is 0.466 e. The van der Waals surface area contributed by atoms with Crippen molar-refractivity contribution in [3.05, 3.63) is 23.5 Å². The molecule has 3 heteroatoms. The van der Waals surface area contributed by atoms with E-state index in [4.69, 9.17) is 4.74 Å². The number of ether oxygens (including phenoxy) is 1. The van der Waals surface area contributed by atoms with Gasteiger partial charge in [-0.1, -0.05) is 0 Å². The van der Waals surface area contributed by atoms with Crippen LogP contribution in [-0.2, 0) is 22.4 Å². The van der Waals surface area contributed by atoms with Gasteiger partial charge >= 0.3 is 5.97 Å². The van der Waals surface area contributed by atoms with E-state index in [-0.39, 0.29) is 5.97 Å². The van der Waals surface area contributed by atoms with E-state index in [0.29, 0.717) is 19.1 Å². The zero-order chi connectivity index (χ0) is 10.8. The summed E-state index contributed by atoms with van der Waals surface area (Å²) in [5.74, 6) is -0.127. The van der Waals surface area contributed by atoms with E-state index < -0.39 is 0 Å². The molecule has 0 bridgehead atoms. The number of hydrogen-bond acceptors (Lipinski definition) is 2. The van der Waals surface area contributed by atoms with Gasteiger partial charge in [-0.3, -0.25) is 4.79 Å². The van der Waals surface area contributed by atoms with Crippen molar-refractivity contribution in [2.45, 2.75) is 39.2 Å². The Labute approximate surface area is 90.0 Å². The lowest BCUT2D eigenvalue weighted by Crippen LogP contribution is -2.12. The Kier molecular flexibility index (Phi) is 2.80. The van der Waals surface area contributed by atoms with Crippen LogP contribution in [0.2, 0.25) is 0 Å². The Bertz CT molecular complexity index is 368. The number of nitrogens with zero attached hydrogens (tertiary/aromatic N) is 1. The predicted octanol–water partition coefficient (Wildman–Crippen LogP) is 2.10. The third kappa shape index (κ3) is 1.91. The molecule has 0 amide bonds. The third-order valence-corrected chi connectivity index (χ3v) is 2.98. The normalized spacial score (nSPS) is 18.9. The molecule has 1 unspecified atom stereocenters. The minimum atomic E-state index is -0.127. The van der Waals surface area contributed by atoms with Crippen molar-refractivity contribution in [3.8, 4) is 0 Å². The van der Waals surface area contributed by atoms with Crippen LogP contribution in [0.1, 0.15) is 37.7 Å². The van der Waals surface area contributed by atoms with Crippen molar-refractivity contribution in [2.75, 3.05) is 6.61 Å². The molecule has 0 aromatic carbocycles. The van der Waals surface area contributed by atoms with Gasteiger partial charge in [0.1, 0.15) is 0 Å². The van der Waals surface area contributed by atoms with E-state index in [1.807, 2.05) is 13.0 Å². The number of aryl methyl sites for hydroxylation is 1. The second kappa shape index (κ2) is 4.09. The van der Waals surface area contributed by atoms with Crippen LogP contribution in [0.4, 0.5) is 0 Å². The van der Waals surface area contributed by atoms with Crippen LogP contribution in [-0.4, -0.2) is 17.1 Å². The van der Waals surface area contributed by atoms with Gasteiger partial charge in [0.05, 0.1) is 13.0 Å². The molecule has 1 aliphatic heterocycles. The summed E-state index contributed by atoms with van der Waals surface area (Å²) in [6.45, 7) is 4.50. The Balaban J connectivity index is 2.13. The highest BCUT2D eigenvalue weighted by molar-refractivity contribution is 5.72. The molecule has 1 aromatic rings. The molecule has 0 N–H and O–H groups in total. The van der Waals surface area contributed by atoms with Crippen LogP contribution in [0.3, 0.4) is 0 Å². The van der Waals surface area contributed by atoms with Gasteiger partial charge in [-0.15, -0.1) is 0 Å². The highest BCUT2D eigenvalue weighted by Crippen LogP contribution is 2.28. The smallest absolute Gasteiger partial charge is 0.311 e. The maximum absolute atomic E-state index is 11.4. The fourth-order valence-corrected chi connectivity index (χ4v) is 2.30. The topological polar surface area (TPSA) is 31.2 Å². The van der Waals surface area contributed by atoms with E-state index in [9.17, 15) is 4.79 Å². The highest BCUT2D eigenvalue weighted by Gasteiger charge is 2.21. The average Bonchev–Trinajstić information content (AvgIpc) is 2.72. The molecule has 0 spiro atoms. The molecule has 0 radical (unpaired) electrons. The summed E-state index contributed by atoms with van der Waals surface area (Å²) in [4.78, 5) is 11.4. The predicted molar refractivity (Wildman–Crippen MR) is 57.8 cm³/mol. The standard InChI is InChI=1S/C12H17NO2/c1-3-15-12(14)8-11-7-6-10-5-4-9(2)13(10)11/h6-7,9H,3-5,8H2,1-2H3. The number of rotatable bonds is 3. The molecule has 82 valence electrons. The van der Waals surface area contributed by atoms with Gasteiger partial charge in [-0.2, -0.15) is 0 Å². The molecular formula is C12H17NO2. The van der Waals surface area contributed by atoms with Gasteiger partial charge in [-0.25, -0.2) is 0 Å². The number of hydrogen-bond donors (Lipinski definition) is 0. The molecular weight excluding hydrogens is 190 g/mol. The van der Waals surface area contributed by atoms with E-state index in [0.717, 1.165) is 12.1 Å². The molecule has 3 nitrogen and oxygen atoms in total. The Morgan fingerprint density at radius 3 is 3.13 bits per heavy atom. The fourth-order valence-electron chi connectivity index (χ4n) is 2.30. The molecule has 0 fully saturated rings. The summed E-state index contributed by atoms with van der Waals surface area (Å²) in [5.41, 5.74) is 2.44. The molecule has 0 saturated heterocycles. The van der Waals surface area contributed by atoms with E-state index in [1.165, 1.54) is 12.1 Å². The first-order valence-electron chi connectivity index (χ1n) is 5.57. The SMILES string of the molecule is CCOC(=O)Cc1ccc2n1C(C)CC2. The molecule has 2 rings (SSSR count). The monoisotopic (exact) mass is 207 g/mol. The van der Waals surface area contributed by atoms with Gasteiger partial charge < -0.3 is 9.30 Å². The van der Waals surface area contributed by atoms with E-state index >= 15 is 0 Å². The van der Waals surface area contributed by atoms with Crippen LogP contribution in [0, 0.1) is 0 Å². The highest BCUT2D eigenvalue weighted by atomic mass is 16.5. The maximum Gasteiger partial charge on any atom is 0.311 e. The molecule has 1 aromatic heterocycles. The molecule has 2 heterocycles. The van der Waals surface area contributed by atoms with E-state index in [1.54, 1.807) is 0 Å². The van der Waals surface area contributed by atoms with Crippen LogP contribution in [0.5, 0.6) is 0 Å². The van der Waals surface area contributed by atoms with Crippen LogP contribution in [0.25, 0.3) is 0 Å². The van der Waals surface area contributed by atoms with Gasteiger partial charge in [-0.05, 0) is 38.8 Å². The number of fused-ring (bicyclic) bond motifs is 1. The lowest BCUT2D eigenvalue weighted by molar-refractivity contribution is -0.142. The second-order valence-corrected chi connectivity index (χ2v) is 4.06. The minimum absolute atomic E-state index is 0.127. The molecule has 1 atom stereocenters. The second-order valence-electron chi connectivity index (χ2n) is 4.06. The van der Waals surface area contributed by atoms with Gasteiger partial charge in [0.2, 0.25) is 0 Å². The van der Waals surface area contributed by atoms with Crippen LogP contribution >= 0.6 is 0 Å². The Hall–Kier alpha value is -1.25. The van der Waals surface area contributed by atoms with Crippen molar-refractivity contribution in [3.63, 3.8) is 0 Å². The van der Waals surface area contributed by atoms with Crippen LogP contribution in [0.15, 0.2) is 12.1 Å². The van der Waals surface area contributed by atoms with E-state index in [2.05, 4.69) is 17.6 Å². The number of esters is 1. The van der Waals surface area contributed by atoms with Crippen molar-refractivity contribution in [1.29, 1.82) is 0 Å². The molecule has 0 saturated carbocycles. The van der Waals surface area contributed by atoms with Crippen molar-refractivity contribution in [2.24, 2.45) is 0 Å². The first kappa shape index (κ1) is 10.3. The third-order valence-electron chi connectivity index (χ3n) is 2.98. The zero-order valence-electron chi connectivity index (χ0n) is 9.32. The summed E-state index contributed by atoms with van der Waals surface area (Å²) in [5, 5.41) is 0.